The average Bonchev–Trinajstić information content (AvgIpc) is 2.56. The van der Waals surface area contributed by atoms with Crippen molar-refractivity contribution >= 4 is 45.0 Å². The molecule has 2 aromatic carbocycles. The molecule has 0 amide bonds. The summed E-state index contributed by atoms with van der Waals surface area (Å²) in [4.78, 5) is 12.2. The van der Waals surface area contributed by atoms with E-state index in [-0.39, 0.29) is 29.5 Å². The summed E-state index contributed by atoms with van der Waals surface area (Å²) in [5.74, 6) is 0.447. The maximum Gasteiger partial charge on any atom is 0.294 e. The molecular formula is C19H22ClN5O3S. The molecule has 10 heteroatoms. The van der Waals surface area contributed by atoms with Gasteiger partial charge in [-0.05, 0) is 79.4 Å². The number of halogens is 1. The highest BCUT2D eigenvalue weighted by Crippen LogP contribution is 2.23. The maximum absolute atomic E-state index is 11.3. The lowest BCUT2D eigenvalue weighted by Crippen LogP contribution is -2.05. The second-order valence-electron chi connectivity index (χ2n) is 6.26. The number of nitrogens with one attached hydrogen (secondary N) is 2. The summed E-state index contributed by atoms with van der Waals surface area (Å²) in [5.41, 5.74) is 4.01. The number of anilines is 4. The van der Waals surface area contributed by atoms with E-state index in [0.29, 0.717) is 11.3 Å². The van der Waals surface area contributed by atoms with E-state index in [9.17, 15) is 13.0 Å². The van der Waals surface area contributed by atoms with Crippen LogP contribution >= 0.6 is 11.6 Å². The van der Waals surface area contributed by atoms with Gasteiger partial charge in [0.05, 0.1) is 4.90 Å². The van der Waals surface area contributed by atoms with E-state index in [1.807, 2.05) is 32.0 Å². The summed E-state index contributed by atoms with van der Waals surface area (Å²) in [6.07, 6.45) is 0. The molecule has 0 radical (unpaired) electrons. The normalized spacial score (nSPS) is 10.9. The molecule has 0 aliphatic heterocycles. The van der Waals surface area contributed by atoms with E-state index in [1.165, 1.54) is 17.7 Å². The van der Waals surface area contributed by atoms with Gasteiger partial charge in [0.15, 0.2) is 0 Å². The number of nitrogens with zero attached hydrogens (tertiary/aromatic N) is 3. The highest BCUT2D eigenvalue weighted by molar-refractivity contribution is 7.85. The smallest absolute Gasteiger partial charge is 0.294 e. The fourth-order valence-corrected chi connectivity index (χ4v) is 3.42. The van der Waals surface area contributed by atoms with Crippen LogP contribution in [0.5, 0.6) is 0 Å². The number of aromatic nitrogens is 3. The van der Waals surface area contributed by atoms with Crippen LogP contribution in [0.15, 0.2) is 41.3 Å². The summed E-state index contributed by atoms with van der Waals surface area (Å²) in [6, 6.07) is 10.2. The first-order valence-electron chi connectivity index (χ1n) is 8.23. The Morgan fingerprint density at radius 2 is 1.34 bits per heavy atom. The van der Waals surface area contributed by atoms with E-state index >= 15 is 0 Å². The second-order valence-corrected chi connectivity index (χ2v) is 7.98. The summed E-state index contributed by atoms with van der Waals surface area (Å²) in [6.45, 7) is 5.60. The van der Waals surface area contributed by atoms with E-state index in [1.54, 1.807) is 13.0 Å². The van der Waals surface area contributed by atoms with Crippen molar-refractivity contribution in [3.05, 3.63) is 58.4 Å². The molecule has 3 aromatic rings. The van der Waals surface area contributed by atoms with E-state index in [4.69, 9.17) is 11.6 Å². The van der Waals surface area contributed by atoms with Crippen LogP contribution < -0.4 is 10.6 Å². The number of hydrogen-bond donors (Lipinski definition) is 3. The van der Waals surface area contributed by atoms with E-state index in [0.717, 1.165) is 11.3 Å². The standard InChI is InChI=1S/C18H18ClN5O3S.CH4/c1-10-4-5-13(8-11(10)2)20-17-22-16(19)23-18(24-17)21-14-6-7-15(12(3)9-14)28(25,26)27;/h4-9H,1-3H3,(H,25,26,27)(H2,20,21,22,23,24);1H4. The third-order valence-corrected chi connectivity index (χ3v) is 5.26. The lowest BCUT2D eigenvalue weighted by Gasteiger charge is -2.11. The Kier molecular flexibility index (Phi) is 6.78. The number of hydrogen-bond acceptors (Lipinski definition) is 7. The Bertz CT molecular complexity index is 1150. The van der Waals surface area contributed by atoms with Crippen molar-refractivity contribution in [3.8, 4) is 0 Å². The van der Waals surface area contributed by atoms with Gasteiger partial charge < -0.3 is 10.6 Å². The Balaban J connectivity index is 0.00000300. The van der Waals surface area contributed by atoms with Crippen LogP contribution in [0.3, 0.4) is 0 Å². The Morgan fingerprint density at radius 3 is 1.83 bits per heavy atom. The molecule has 154 valence electrons. The second kappa shape index (κ2) is 8.73. The highest BCUT2D eigenvalue weighted by Gasteiger charge is 2.14. The summed E-state index contributed by atoms with van der Waals surface area (Å²) in [7, 11) is -4.28. The minimum atomic E-state index is -4.28. The molecule has 0 spiro atoms. The SMILES string of the molecule is C.Cc1ccc(Nc2nc(Cl)nc(Nc3ccc(S(=O)(=O)O)c(C)c3)n2)cc1C. The van der Waals surface area contributed by atoms with E-state index in [2.05, 4.69) is 25.6 Å². The quantitative estimate of drug-likeness (QED) is 0.488. The first-order valence-corrected chi connectivity index (χ1v) is 10.0. The van der Waals surface area contributed by atoms with Gasteiger partial charge in [0.1, 0.15) is 0 Å². The molecule has 0 aliphatic rings. The summed E-state index contributed by atoms with van der Waals surface area (Å²) in [5, 5.41) is 6.02. The van der Waals surface area contributed by atoms with E-state index < -0.39 is 10.1 Å². The largest absolute Gasteiger partial charge is 0.324 e. The van der Waals surface area contributed by atoms with Crippen LogP contribution in [0, 0.1) is 20.8 Å². The fourth-order valence-electron chi connectivity index (χ4n) is 2.56. The van der Waals surface area contributed by atoms with Crippen LogP contribution in [0.25, 0.3) is 0 Å². The van der Waals surface area contributed by atoms with Gasteiger partial charge in [-0.1, -0.05) is 13.5 Å². The third-order valence-electron chi connectivity index (χ3n) is 4.08. The van der Waals surface area contributed by atoms with Crippen molar-refractivity contribution in [3.63, 3.8) is 0 Å². The lowest BCUT2D eigenvalue weighted by atomic mass is 10.1. The van der Waals surface area contributed by atoms with Crippen molar-refractivity contribution in [1.82, 2.24) is 15.0 Å². The van der Waals surface area contributed by atoms with Crippen LogP contribution in [0.1, 0.15) is 24.1 Å². The number of aryl methyl sites for hydroxylation is 3. The molecule has 0 saturated heterocycles. The van der Waals surface area contributed by atoms with Gasteiger partial charge in [0, 0.05) is 11.4 Å². The lowest BCUT2D eigenvalue weighted by molar-refractivity contribution is 0.482. The zero-order chi connectivity index (χ0) is 20.5. The monoisotopic (exact) mass is 435 g/mol. The predicted octanol–water partition coefficient (Wildman–Crippen LogP) is 4.82. The maximum atomic E-state index is 11.3. The molecule has 0 saturated carbocycles. The first kappa shape index (κ1) is 22.5. The molecule has 3 rings (SSSR count). The van der Waals surface area contributed by atoms with Gasteiger partial charge in [-0.2, -0.15) is 23.4 Å². The summed E-state index contributed by atoms with van der Waals surface area (Å²) < 4.78 is 31.8. The van der Waals surface area contributed by atoms with Crippen LogP contribution in [-0.2, 0) is 10.1 Å². The molecular weight excluding hydrogens is 414 g/mol. The molecule has 0 bridgehead atoms. The zero-order valence-corrected chi connectivity index (χ0v) is 16.9. The zero-order valence-electron chi connectivity index (χ0n) is 15.4. The molecule has 0 atom stereocenters. The highest BCUT2D eigenvalue weighted by atomic mass is 35.5. The number of rotatable bonds is 5. The molecule has 8 nitrogen and oxygen atoms in total. The molecule has 29 heavy (non-hydrogen) atoms. The Morgan fingerprint density at radius 1 is 0.828 bits per heavy atom. The minimum absolute atomic E-state index is 0. The molecule has 1 aromatic heterocycles. The van der Waals surface area contributed by atoms with Gasteiger partial charge in [-0.3, -0.25) is 4.55 Å². The van der Waals surface area contributed by atoms with Gasteiger partial charge in [-0.25, -0.2) is 0 Å². The van der Waals surface area contributed by atoms with Crippen LogP contribution in [-0.4, -0.2) is 27.9 Å². The van der Waals surface area contributed by atoms with Crippen molar-refractivity contribution < 1.29 is 13.0 Å². The molecule has 0 unspecified atom stereocenters. The van der Waals surface area contributed by atoms with Crippen LogP contribution in [0.4, 0.5) is 23.3 Å². The Labute approximate surface area is 175 Å². The predicted molar refractivity (Wildman–Crippen MR) is 115 cm³/mol. The average molecular weight is 436 g/mol. The Hall–Kier alpha value is -2.75. The van der Waals surface area contributed by atoms with Gasteiger partial charge >= 0.3 is 0 Å². The molecule has 0 aliphatic carbocycles. The third kappa shape index (κ3) is 5.63. The fraction of sp³-hybridized carbons (Fsp3) is 0.211. The van der Waals surface area contributed by atoms with Gasteiger partial charge in [0.2, 0.25) is 17.2 Å². The van der Waals surface area contributed by atoms with Crippen LogP contribution in [0.2, 0.25) is 5.28 Å². The van der Waals surface area contributed by atoms with Crippen molar-refractivity contribution in [2.24, 2.45) is 0 Å². The first-order chi connectivity index (χ1) is 13.1. The summed E-state index contributed by atoms with van der Waals surface area (Å²) >= 11 is 6.00. The molecule has 3 N–H and O–H groups in total. The van der Waals surface area contributed by atoms with Crippen molar-refractivity contribution in [2.75, 3.05) is 10.6 Å². The van der Waals surface area contributed by atoms with Crippen molar-refractivity contribution in [1.29, 1.82) is 0 Å². The minimum Gasteiger partial charge on any atom is -0.324 e. The van der Waals surface area contributed by atoms with Gasteiger partial charge in [-0.15, -0.1) is 0 Å². The van der Waals surface area contributed by atoms with Gasteiger partial charge in [0.25, 0.3) is 10.1 Å². The number of benzene rings is 2. The topological polar surface area (TPSA) is 117 Å². The molecule has 0 fully saturated rings. The molecule has 1 heterocycles. The van der Waals surface area contributed by atoms with Crippen molar-refractivity contribution in [2.45, 2.75) is 33.1 Å².